The largest absolute Gasteiger partial charge is 0.497 e. The summed E-state index contributed by atoms with van der Waals surface area (Å²) in [4.78, 5) is 23.4. The van der Waals surface area contributed by atoms with Gasteiger partial charge < -0.3 is 20.1 Å². The third kappa shape index (κ3) is 5.37. The molecule has 0 aromatic heterocycles. The summed E-state index contributed by atoms with van der Waals surface area (Å²) in [5.74, 6) is 0.201. The highest BCUT2D eigenvalue weighted by molar-refractivity contribution is 5.96. The molecular weight excluding hydrogens is 284 g/mol. The number of benzene rings is 1. The predicted molar refractivity (Wildman–Crippen MR) is 81.4 cm³/mol. The highest BCUT2D eigenvalue weighted by Gasteiger charge is 2.17. The van der Waals surface area contributed by atoms with Crippen molar-refractivity contribution in [1.82, 2.24) is 10.6 Å². The molecule has 1 heterocycles. The predicted octanol–water partition coefficient (Wildman–Crippen LogP) is 0.997. The van der Waals surface area contributed by atoms with Gasteiger partial charge in [-0.2, -0.15) is 0 Å². The van der Waals surface area contributed by atoms with E-state index in [2.05, 4.69) is 10.6 Å². The van der Waals surface area contributed by atoms with Crippen LogP contribution in [0.2, 0.25) is 0 Å². The van der Waals surface area contributed by atoms with E-state index < -0.39 is 0 Å². The van der Waals surface area contributed by atoms with E-state index in [0.29, 0.717) is 13.1 Å². The molecule has 22 heavy (non-hydrogen) atoms. The van der Waals surface area contributed by atoms with Crippen molar-refractivity contribution in [3.05, 3.63) is 29.8 Å². The van der Waals surface area contributed by atoms with Crippen molar-refractivity contribution in [2.45, 2.75) is 31.9 Å². The first-order valence-electron chi connectivity index (χ1n) is 7.45. The van der Waals surface area contributed by atoms with Crippen LogP contribution in [0.4, 0.5) is 0 Å². The summed E-state index contributed by atoms with van der Waals surface area (Å²) >= 11 is 0. The number of nitrogens with one attached hydrogen (secondary N) is 2. The van der Waals surface area contributed by atoms with E-state index in [1.807, 2.05) is 24.3 Å². The van der Waals surface area contributed by atoms with Crippen LogP contribution < -0.4 is 15.4 Å². The van der Waals surface area contributed by atoms with Gasteiger partial charge in [-0.25, -0.2) is 0 Å². The molecule has 1 aliphatic heterocycles. The van der Waals surface area contributed by atoms with Gasteiger partial charge in [-0.1, -0.05) is 12.1 Å². The molecule has 1 unspecified atom stereocenters. The third-order valence-electron chi connectivity index (χ3n) is 3.52. The molecule has 0 bridgehead atoms. The van der Waals surface area contributed by atoms with E-state index in [4.69, 9.17) is 9.47 Å². The SMILES string of the molecule is COc1ccc(CNC(=O)CC(=O)NCC2CCCO2)cc1. The molecule has 120 valence electrons. The fourth-order valence-electron chi connectivity index (χ4n) is 2.25. The van der Waals surface area contributed by atoms with Gasteiger partial charge >= 0.3 is 0 Å². The van der Waals surface area contributed by atoms with Crippen LogP contribution >= 0.6 is 0 Å². The topological polar surface area (TPSA) is 76.7 Å². The van der Waals surface area contributed by atoms with E-state index in [9.17, 15) is 9.59 Å². The van der Waals surface area contributed by atoms with Crippen LogP contribution in [0.15, 0.2) is 24.3 Å². The monoisotopic (exact) mass is 306 g/mol. The highest BCUT2D eigenvalue weighted by Crippen LogP contribution is 2.11. The van der Waals surface area contributed by atoms with Crippen LogP contribution in [0.5, 0.6) is 5.75 Å². The Labute approximate surface area is 130 Å². The van der Waals surface area contributed by atoms with E-state index in [1.54, 1.807) is 7.11 Å². The van der Waals surface area contributed by atoms with Crippen molar-refractivity contribution in [3.63, 3.8) is 0 Å². The standard InChI is InChI=1S/C16H22N2O4/c1-21-13-6-4-12(5-7-13)10-17-15(19)9-16(20)18-11-14-3-2-8-22-14/h4-7,14H,2-3,8-11H2,1H3,(H,17,19)(H,18,20). The molecule has 2 rings (SSSR count). The molecule has 1 saturated heterocycles. The molecule has 0 aliphatic carbocycles. The van der Waals surface area contributed by atoms with Crippen molar-refractivity contribution in [2.24, 2.45) is 0 Å². The molecular formula is C16H22N2O4. The summed E-state index contributed by atoms with van der Waals surface area (Å²) in [7, 11) is 1.60. The third-order valence-corrected chi connectivity index (χ3v) is 3.52. The lowest BCUT2D eigenvalue weighted by Crippen LogP contribution is -2.35. The fraction of sp³-hybridized carbons (Fsp3) is 0.500. The van der Waals surface area contributed by atoms with E-state index in [-0.39, 0.29) is 24.3 Å². The van der Waals surface area contributed by atoms with Gasteiger partial charge in [0.2, 0.25) is 11.8 Å². The van der Waals surface area contributed by atoms with Gasteiger partial charge in [0.25, 0.3) is 0 Å². The maximum atomic E-state index is 11.7. The molecule has 1 fully saturated rings. The molecule has 0 saturated carbocycles. The zero-order valence-electron chi connectivity index (χ0n) is 12.8. The van der Waals surface area contributed by atoms with Crippen LogP contribution in [-0.2, 0) is 20.9 Å². The number of methoxy groups -OCH3 is 1. The number of rotatable bonds is 7. The van der Waals surface area contributed by atoms with Crippen molar-refractivity contribution < 1.29 is 19.1 Å². The molecule has 1 aromatic rings. The molecule has 1 aromatic carbocycles. The molecule has 1 aliphatic rings. The maximum Gasteiger partial charge on any atom is 0.229 e. The first-order chi connectivity index (χ1) is 10.7. The molecule has 0 spiro atoms. The Morgan fingerprint density at radius 1 is 1.23 bits per heavy atom. The normalized spacial score (nSPS) is 17.0. The number of carbonyl (C=O) groups is 2. The second-order valence-corrected chi connectivity index (χ2v) is 5.24. The summed E-state index contributed by atoms with van der Waals surface area (Å²) in [6.07, 6.45) is 1.92. The number of amides is 2. The minimum absolute atomic E-state index is 0.0892. The highest BCUT2D eigenvalue weighted by atomic mass is 16.5. The lowest BCUT2D eigenvalue weighted by Gasteiger charge is -2.11. The van der Waals surface area contributed by atoms with Gasteiger partial charge in [-0.05, 0) is 30.5 Å². The number of hydrogen-bond donors (Lipinski definition) is 2. The Balaban J connectivity index is 1.64. The lowest BCUT2D eigenvalue weighted by atomic mass is 10.2. The first kappa shape index (κ1) is 16.3. The molecule has 6 heteroatoms. The van der Waals surface area contributed by atoms with Crippen LogP contribution in [0, 0.1) is 0 Å². The Hall–Kier alpha value is -2.08. The van der Waals surface area contributed by atoms with Crippen LogP contribution in [0.3, 0.4) is 0 Å². The second kappa shape index (κ2) is 8.38. The van der Waals surface area contributed by atoms with Crippen molar-refractivity contribution in [2.75, 3.05) is 20.3 Å². The second-order valence-electron chi connectivity index (χ2n) is 5.24. The van der Waals surface area contributed by atoms with Gasteiger partial charge in [0, 0.05) is 19.7 Å². The Morgan fingerprint density at radius 2 is 1.95 bits per heavy atom. The van der Waals surface area contributed by atoms with Crippen LogP contribution in [0.1, 0.15) is 24.8 Å². The summed E-state index contributed by atoms with van der Waals surface area (Å²) in [5.41, 5.74) is 0.953. The average molecular weight is 306 g/mol. The van der Waals surface area contributed by atoms with Crippen molar-refractivity contribution >= 4 is 11.8 Å². The maximum absolute atomic E-state index is 11.7. The van der Waals surface area contributed by atoms with Gasteiger partial charge in [0.15, 0.2) is 0 Å². The summed E-state index contributed by atoms with van der Waals surface area (Å²) in [6.45, 7) is 1.62. The number of ether oxygens (including phenoxy) is 2. The average Bonchev–Trinajstić information content (AvgIpc) is 3.05. The minimum atomic E-state index is -0.291. The number of carbonyl (C=O) groups excluding carboxylic acids is 2. The van der Waals surface area contributed by atoms with Gasteiger partial charge in [-0.3, -0.25) is 9.59 Å². The minimum Gasteiger partial charge on any atom is -0.497 e. The van der Waals surface area contributed by atoms with Gasteiger partial charge in [-0.15, -0.1) is 0 Å². The first-order valence-corrected chi connectivity index (χ1v) is 7.45. The summed E-state index contributed by atoms with van der Waals surface area (Å²) < 4.78 is 10.5. The van der Waals surface area contributed by atoms with Crippen LogP contribution in [0.25, 0.3) is 0 Å². The Bertz CT molecular complexity index is 495. The van der Waals surface area contributed by atoms with E-state index in [1.165, 1.54) is 0 Å². The Morgan fingerprint density at radius 3 is 2.59 bits per heavy atom. The molecule has 2 N–H and O–H groups in total. The molecule has 1 atom stereocenters. The zero-order valence-corrected chi connectivity index (χ0v) is 12.8. The van der Waals surface area contributed by atoms with Gasteiger partial charge in [0.1, 0.15) is 12.2 Å². The lowest BCUT2D eigenvalue weighted by molar-refractivity contribution is -0.129. The summed E-state index contributed by atoms with van der Waals surface area (Å²) in [5, 5.41) is 5.45. The van der Waals surface area contributed by atoms with E-state index >= 15 is 0 Å². The zero-order chi connectivity index (χ0) is 15.8. The van der Waals surface area contributed by atoms with Gasteiger partial charge in [0.05, 0.1) is 13.2 Å². The van der Waals surface area contributed by atoms with Crippen molar-refractivity contribution in [3.8, 4) is 5.75 Å². The molecule has 2 amide bonds. The fourth-order valence-corrected chi connectivity index (χ4v) is 2.25. The smallest absolute Gasteiger partial charge is 0.229 e. The Kier molecular flexibility index (Phi) is 6.21. The molecule has 0 radical (unpaired) electrons. The summed E-state index contributed by atoms with van der Waals surface area (Å²) in [6, 6.07) is 7.40. The number of hydrogen-bond acceptors (Lipinski definition) is 4. The van der Waals surface area contributed by atoms with E-state index in [0.717, 1.165) is 30.8 Å². The molecule has 6 nitrogen and oxygen atoms in total. The van der Waals surface area contributed by atoms with Crippen LogP contribution in [-0.4, -0.2) is 38.2 Å². The quantitative estimate of drug-likeness (QED) is 0.737. The van der Waals surface area contributed by atoms with Crippen molar-refractivity contribution in [1.29, 1.82) is 0 Å².